The summed E-state index contributed by atoms with van der Waals surface area (Å²) in [5, 5.41) is 0. The van der Waals surface area contributed by atoms with Gasteiger partial charge in [0.25, 0.3) is 0 Å². The molecule has 0 aromatic carbocycles. The minimum atomic E-state index is -0.989. The van der Waals surface area contributed by atoms with Gasteiger partial charge in [0.15, 0.2) is 0 Å². The zero-order valence-corrected chi connectivity index (χ0v) is 8.43. The van der Waals surface area contributed by atoms with E-state index in [1.54, 1.807) is 0 Å². The molecule has 0 amide bonds. The van der Waals surface area contributed by atoms with E-state index in [9.17, 15) is 0 Å². The third-order valence-corrected chi connectivity index (χ3v) is 3.18. The molecule has 11 heavy (non-hydrogen) atoms. The fourth-order valence-corrected chi connectivity index (χ4v) is 2.26. The normalized spacial score (nSPS) is 10.9. The van der Waals surface area contributed by atoms with Crippen molar-refractivity contribution < 1.29 is 8.85 Å². The van der Waals surface area contributed by atoms with Crippen molar-refractivity contribution in [2.75, 3.05) is 19.8 Å². The summed E-state index contributed by atoms with van der Waals surface area (Å²) < 4.78 is 10.8. The van der Waals surface area contributed by atoms with Gasteiger partial charge in [-0.3, -0.25) is 0 Å². The van der Waals surface area contributed by atoms with Gasteiger partial charge < -0.3 is 14.6 Å². The molecule has 0 spiro atoms. The van der Waals surface area contributed by atoms with E-state index in [4.69, 9.17) is 14.6 Å². The van der Waals surface area contributed by atoms with Crippen molar-refractivity contribution in [1.29, 1.82) is 0 Å². The molecule has 67 valence electrons. The van der Waals surface area contributed by atoms with Crippen LogP contribution >= 0.6 is 0 Å². The summed E-state index contributed by atoms with van der Waals surface area (Å²) in [4.78, 5) is 0. The number of hydrogen-bond donors (Lipinski definition) is 1. The van der Waals surface area contributed by atoms with Crippen molar-refractivity contribution in [3.05, 3.63) is 0 Å². The Morgan fingerprint density at radius 2 is 1.73 bits per heavy atom. The summed E-state index contributed by atoms with van der Waals surface area (Å²) in [5.41, 5.74) is 5.37. The first-order valence-electron chi connectivity index (χ1n) is 4.16. The molecule has 0 heterocycles. The van der Waals surface area contributed by atoms with Crippen LogP contribution in [0.3, 0.4) is 0 Å². The van der Waals surface area contributed by atoms with Crippen LogP contribution in [0.2, 0.25) is 6.04 Å². The lowest BCUT2D eigenvalue weighted by Crippen LogP contribution is -2.23. The van der Waals surface area contributed by atoms with Gasteiger partial charge in [0.1, 0.15) is 0 Å². The van der Waals surface area contributed by atoms with E-state index in [-0.39, 0.29) is 0 Å². The summed E-state index contributed by atoms with van der Waals surface area (Å²) >= 11 is 0. The van der Waals surface area contributed by atoms with Gasteiger partial charge in [-0.15, -0.1) is 0 Å². The lowest BCUT2D eigenvalue weighted by atomic mass is 10.5. The van der Waals surface area contributed by atoms with Crippen LogP contribution in [0.15, 0.2) is 0 Å². The van der Waals surface area contributed by atoms with Crippen LogP contribution in [-0.2, 0) is 8.85 Å². The van der Waals surface area contributed by atoms with Crippen LogP contribution in [0, 0.1) is 0 Å². The Hall–Kier alpha value is 0.0969. The van der Waals surface area contributed by atoms with Gasteiger partial charge in [0, 0.05) is 13.2 Å². The molecule has 0 fully saturated rings. The molecule has 0 bridgehead atoms. The Morgan fingerprint density at radius 3 is 2.09 bits per heavy atom. The summed E-state index contributed by atoms with van der Waals surface area (Å²) in [6.07, 6.45) is 1.01. The van der Waals surface area contributed by atoms with Crippen molar-refractivity contribution in [2.24, 2.45) is 5.73 Å². The molecule has 0 aromatic heterocycles. The highest BCUT2D eigenvalue weighted by molar-refractivity contribution is 6.44. The highest BCUT2D eigenvalue weighted by Crippen LogP contribution is 1.99. The summed E-state index contributed by atoms with van der Waals surface area (Å²) in [6.45, 7) is 6.21. The number of rotatable bonds is 7. The minimum absolute atomic E-state index is 0.730. The molecule has 0 aromatic rings. The molecule has 0 aliphatic heterocycles. The van der Waals surface area contributed by atoms with E-state index in [1.807, 2.05) is 13.8 Å². The molecule has 0 aliphatic rings. The fourth-order valence-electron chi connectivity index (χ4n) is 0.754. The monoisotopic (exact) mass is 176 g/mol. The summed E-state index contributed by atoms with van der Waals surface area (Å²) in [5.74, 6) is 0. The molecule has 0 saturated heterocycles. The van der Waals surface area contributed by atoms with Crippen molar-refractivity contribution in [3.8, 4) is 0 Å². The second-order valence-corrected chi connectivity index (χ2v) is 3.95. The molecule has 3 nitrogen and oxygen atoms in total. The van der Waals surface area contributed by atoms with Crippen molar-refractivity contribution in [3.63, 3.8) is 0 Å². The zero-order chi connectivity index (χ0) is 8.53. The van der Waals surface area contributed by atoms with E-state index in [1.165, 1.54) is 0 Å². The molecule has 0 rings (SSSR count). The quantitative estimate of drug-likeness (QED) is 0.586. The summed E-state index contributed by atoms with van der Waals surface area (Å²) in [7, 11) is -0.989. The smallest absolute Gasteiger partial charge is 0.384 e. The number of nitrogens with two attached hydrogens (primary N) is 1. The highest BCUT2D eigenvalue weighted by Gasteiger charge is 2.12. The van der Waals surface area contributed by atoms with Crippen molar-refractivity contribution in [2.45, 2.75) is 26.3 Å². The molecule has 0 atom stereocenters. The number of hydrogen-bond acceptors (Lipinski definition) is 3. The zero-order valence-electron chi connectivity index (χ0n) is 7.43. The average molecular weight is 176 g/mol. The predicted molar refractivity (Wildman–Crippen MR) is 47.5 cm³/mol. The highest BCUT2D eigenvalue weighted by atomic mass is 28.3. The van der Waals surface area contributed by atoms with Crippen LogP contribution in [0.4, 0.5) is 0 Å². The largest absolute Gasteiger partial charge is 0.394 e. The first-order valence-corrected chi connectivity index (χ1v) is 5.69. The first kappa shape index (κ1) is 11.1. The van der Waals surface area contributed by atoms with E-state index in [0.717, 1.165) is 32.2 Å². The van der Waals surface area contributed by atoms with Gasteiger partial charge in [-0.05, 0) is 32.9 Å². The van der Waals surface area contributed by atoms with E-state index in [0.29, 0.717) is 0 Å². The second kappa shape index (κ2) is 8.20. The maximum Gasteiger partial charge on any atom is 0.384 e. The van der Waals surface area contributed by atoms with Crippen LogP contribution in [0.5, 0.6) is 0 Å². The Morgan fingerprint density at radius 1 is 1.18 bits per heavy atom. The molecular weight excluding hydrogens is 158 g/mol. The second-order valence-electron chi connectivity index (χ2n) is 2.13. The van der Waals surface area contributed by atoms with Crippen LogP contribution in [-0.4, -0.2) is 29.0 Å². The van der Waals surface area contributed by atoms with Gasteiger partial charge in [-0.2, -0.15) is 0 Å². The molecule has 1 radical (unpaired) electrons. The van der Waals surface area contributed by atoms with Crippen molar-refractivity contribution >= 4 is 9.28 Å². The predicted octanol–water partition coefficient (Wildman–Crippen LogP) is 0.896. The minimum Gasteiger partial charge on any atom is -0.394 e. The van der Waals surface area contributed by atoms with E-state index < -0.39 is 9.28 Å². The lowest BCUT2D eigenvalue weighted by molar-refractivity contribution is 0.213. The van der Waals surface area contributed by atoms with Crippen molar-refractivity contribution in [1.82, 2.24) is 0 Å². The Labute approximate surface area is 70.7 Å². The van der Waals surface area contributed by atoms with Gasteiger partial charge >= 0.3 is 9.28 Å². The Kier molecular flexibility index (Phi) is 8.27. The molecule has 2 N–H and O–H groups in total. The average Bonchev–Trinajstić information content (AvgIpc) is 2.01. The molecule has 4 heteroatoms. The third-order valence-electron chi connectivity index (χ3n) is 1.20. The maximum atomic E-state index is 5.41. The lowest BCUT2D eigenvalue weighted by Gasteiger charge is -2.11. The molecular formula is C7H18NO2Si. The Bertz CT molecular complexity index is 76.8. The van der Waals surface area contributed by atoms with Gasteiger partial charge in [-0.25, -0.2) is 0 Å². The van der Waals surface area contributed by atoms with E-state index >= 15 is 0 Å². The van der Waals surface area contributed by atoms with Gasteiger partial charge in [0.05, 0.1) is 0 Å². The standard InChI is InChI=1S/C7H18NO2Si/c1-3-9-11(10-4-2)7-5-6-8/h3-8H2,1-2H3. The van der Waals surface area contributed by atoms with Crippen LogP contribution in [0.25, 0.3) is 0 Å². The van der Waals surface area contributed by atoms with Crippen LogP contribution in [0.1, 0.15) is 20.3 Å². The fraction of sp³-hybridized carbons (Fsp3) is 1.00. The van der Waals surface area contributed by atoms with Gasteiger partial charge in [-0.1, -0.05) is 0 Å². The first-order chi connectivity index (χ1) is 5.35. The molecule has 0 unspecified atom stereocenters. The van der Waals surface area contributed by atoms with Crippen LogP contribution < -0.4 is 5.73 Å². The maximum absolute atomic E-state index is 5.41. The Balaban J connectivity index is 3.34. The topological polar surface area (TPSA) is 44.5 Å². The SMILES string of the molecule is CCO[Si](CCCN)OCC. The summed E-state index contributed by atoms with van der Waals surface area (Å²) in [6, 6.07) is 1.00. The van der Waals surface area contributed by atoms with Gasteiger partial charge in [0.2, 0.25) is 0 Å². The van der Waals surface area contributed by atoms with E-state index in [2.05, 4.69) is 0 Å². The molecule has 0 saturated carbocycles. The molecule has 0 aliphatic carbocycles. The third kappa shape index (κ3) is 6.49.